The van der Waals surface area contributed by atoms with Crippen LogP contribution >= 0.6 is 15.9 Å². The largest absolute Gasteiger partial charge is 0.273 e. The highest BCUT2D eigenvalue weighted by Crippen LogP contribution is 2.47. The van der Waals surface area contributed by atoms with E-state index in [-0.39, 0.29) is 11.4 Å². The number of halogens is 1. The number of fused-ring (bicyclic) bond motifs is 1. The molecule has 0 spiro atoms. The summed E-state index contributed by atoms with van der Waals surface area (Å²) in [4.78, 5) is 44.3. The van der Waals surface area contributed by atoms with Crippen molar-refractivity contribution < 1.29 is 19.3 Å². The maximum atomic E-state index is 13.5. The summed E-state index contributed by atoms with van der Waals surface area (Å²) < 4.78 is 0.843. The molecule has 0 aliphatic carbocycles. The van der Waals surface area contributed by atoms with Crippen molar-refractivity contribution in [3.05, 3.63) is 99.0 Å². The molecule has 2 amide bonds. The second kappa shape index (κ2) is 7.85. The third kappa shape index (κ3) is 3.26. The van der Waals surface area contributed by atoms with Gasteiger partial charge in [0.15, 0.2) is 6.10 Å². The van der Waals surface area contributed by atoms with E-state index in [4.69, 9.17) is 4.84 Å². The maximum absolute atomic E-state index is 13.5. The van der Waals surface area contributed by atoms with E-state index in [9.17, 15) is 19.7 Å². The van der Waals surface area contributed by atoms with Gasteiger partial charge in [-0.1, -0.05) is 46.3 Å². The molecule has 2 aliphatic rings. The van der Waals surface area contributed by atoms with Crippen LogP contribution < -0.4 is 9.96 Å². The van der Waals surface area contributed by atoms with Crippen molar-refractivity contribution in [2.45, 2.75) is 12.1 Å². The SMILES string of the molecule is O=C1[C@@H]2[C@@H](c3cccc(Br)c3)N(c3ccccc3)O[C@H]2C(=O)N1c1ccc([N+](=O)[O-])cc1. The minimum absolute atomic E-state index is 0.119. The minimum Gasteiger partial charge on any atom is -0.273 e. The van der Waals surface area contributed by atoms with Gasteiger partial charge in [-0.15, -0.1) is 0 Å². The molecule has 9 heteroatoms. The summed E-state index contributed by atoms with van der Waals surface area (Å²) >= 11 is 3.48. The van der Waals surface area contributed by atoms with Gasteiger partial charge >= 0.3 is 0 Å². The van der Waals surface area contributed by atoms with E-state index < -0.39 is 34.8 Å². The molecule has 0 N–H and O–H groups in total. The molecule has 3 atom stereocenters. The highest BCUT2D eigenvalue weighted by molar-refractivity contribution is 9.10. The number of para-hydroxylation sites is 1. The van der Waals surface area contributed by atoms with E-state index in [1.807, 2.05) is 54.6 Å². The van der Waals surface area contributed by atoms with Crippen LogP contribution in [0.25, 0.3) is 0 Å². The number of anilines is 2. The van der Waals surface area contributed by atoms with Gasteiger partial charge in [0, 0.05) is 16.6 Å². The molecule has 2 saturated heterocycles. The van der Waals surface area contributed by atoms with Crippen LogP contribution in [0, 0.1) is 16.0 Å². The molecule has 0 aromatic heterocycles. The number of nitro groups is 1. The van der Waals surface area contributed by atoms with Crippen LogP contribution in [0.5, 0.6) is 0 Å². The fourth-order valence-electron chi connectivity index (χ4n) is 4.22. The molecule has 0 saturated carbocycles. The minimum atomic E-state index is -0.998. The number of hydrogen-bond donors (Lipinski definition) is 0. The number of nitrogens with zero attached hydrogens (tertiary/aromatic N) is 3. The second-order valence-electron chi connectivity index (χ2n) is 7.50. The van der Waals surface area contributed by atoms with Crippen molar-refractivity contribution in [2.24, 2.45) is 5.92 Å². The first-order valence-corrected chi connectivity index (χ1v) is 10.6. The van der Waals surface area contributed by atoms with Crippen molar-refractivity contribution in [3.63, 3.8) is 0 Å². The molecule has 2 heterocycles. The van der Waals surface area contributed by atoms with Gasteiger partial charge in [-0.05, 0) is 42.0 Å². The lowest BCUT2D eigenvalue weighted by Crippen LogP contribution is -2.37. The Morgan fingerprint density at radius 1 is 0.875 bits per heavy atom. The predicted octanol–water partition coefficient (Wildman–Crippen LogP) is 4.41. The molecule has 0 bridgehead atoms. The maximum Gasteiger partial charge on any atom is 0.269 e. The van der Waals surface area contributed by atoms with Crippen LogP contribution in [0.2, 0.25) is 0 Å². The number of non-ortho nitro benzene ring substituents is 1. The molecule has 0 unspecified atom stereocenters. The van der Waals surface area contributed by atoms with Crippen LogP contribution in [-0.4, -0.2) is 22.8 Å². The number of benzene rings is 3. The standard InChI is InChI=1S/C23H16BrN3O5/c24-15-6-4-5-14(13-15)20-19-21(32-26(20)17-7-2-1-3-8-17)23(29)25(22(19)28)16-9-11-18(12-10-16)27(30)31/h1-13,19-21H/t19-,20-,21-/m1/s1. The summed E-state index contributed by atoms with van der Waals surface area (Å²) in [5, 5.41) is 12.6. The number of carbonyl (C=O) groups excluding carboxylic acids is 2. The normalized spacial score (nSPS) is 22.3. The highest BCUT2D eigenvalue weighted by atomic mass is 79.9. The summed E-state index contributed by atoms with van der Waals surface area (Å²) in [6.07, 6.45) is -0.998. The lowest BCUT2D eigenvalue weighted by molar-refractivity contribution is -0.384. The third-order valence-corrected chi connectivity index (χ3v) is 6.13. The molecule has 32 heavy (non-hydrogen) atoms. The van der Waals surface area contributed by atoms with Crippen molar-refractivity contribution in [1.29, 1.82) is 0 Å². The van der Waals surface area contributed by atoms with E-state index in [1.165, 1.54) is 24.3 Å². The third-order valence-electron chi connectivity index (χ3n) is 5.64. The van der Waals surface area contributed by atoms with Gasteiger partial charge in [-0.2, -0.15) is 0 Å². The summed E-state index contributed by atoms with van der Waals surface area (Å²) in [5.41, 5.74) is 1.71. The molecule has 3 aromatic rings. The molecule has 0 radical (unpaired) electrons. The Hall–Kier alpha value is -3.56. The average Bonchev–Trinajstić information content (AvgIpc) is 3.30. The summed E-state index contributed by atoms with van der Waals surface area (Å²) in [6.45, 7) is 0. The number of amides is 2. The zero-order valence-corrected chi connectivity index (χ0v) is 18.1. The fraction of sp³-hybridized carbons (Fsp3) is 0.130. The summed E-state index contributed by atoms with van der Waals surface area (Å²) in [7, 11) is 0. The van der Waals surface area contributed by atoms with Crippen molar-refractivity contribution in [1.82, 2.24) is 0 Å². The topological polar surface area (TPSA) is 93.0 Å². The lowest BCUT2D eigenvalue weighted by Gasteiger charge is -2.28. The quantitative estimate of drug-likeness (QED) is 0.303. The number of carbonyl (C=O) groups is 2. The molecular weight excluding hydrogens is 478 g/mol. The van der Waals surface area contributed by atoms with Crippen LogP contribution in [0.1, 0.15) is 11.6 Å². The van der Waals surface area contributed by atoms with Crippen LogP contribution in [0.3, 0.4) is 0 Å². The van der Waals surface area contributed by atoms with E-state index in [2.05, 4.69) is 15.9 Å². The number of hydrogen-bond acceptors (Lipinski definition) is 6. The van der Waals surface area contributed by atoms with Gasteiger partial charge < -0.3 is 0 Å². The Morgan fingerprint density at radius 2 is 1.59 bits per heavy atom. The van der Waals surface area contributed by atoms with Crippen LogP contribution in [0.4, 0.5) is 17.1 Å². The Labute approximate surface area is 191 Å². The summed E-state index contributed by atoms with van der Waals surface area (Å²) in [5.74, 6) is -1.67. The van der Waals surface area contributed by atoms with Crippen molar-refractivity contribution in [2.75, 3.05) is 9.96 Å². The molecular formula is C23H16BrN3O5. The van der Waals surface area contributed by atoms with Gasteiger partial charge in [0.2, 0.25) is 5.91 Å². The van der Waals surface area contributed by atoms with Gasteiger partial charge in [-0.25, -0.2) is 9.96 Å². The lowest BCUT2D eigenvalue weighted by atomic mass is 9.90. The monoisotopic (exact) mass is 493 g/mol. The smallest absolute Gasteiger partial charge is 0.269 e. The van der Waals surface area contributed by atoms with E-state index in [1.54, 1.807) is 5.06 Å². The second-order valence-corrected chi connectivity index (χ2v) is 8.41. The highest BCUT2D eigenvalue weighted by Gasteiger charge is 2.60. The predicted molar refractivity (Wildman–Crippen MR) is 120 cm³/mol. The Balaban J connectivity index is 1.56. The summed E-state index contributed by atoms with van der Waals surface area (Å²) in [6, 6.07) is 21.7. The van der Waals surface area contributed by atoms with Gasteiger partial charge in [-0.3, -0.25) is 24.5 Å². The first-order valence-electron chi connectivity index (χ1n) is 9.84. The molecule has 8 nitrogen and oxygen atoms in total. The van der Waals surface area contributed by atoms with Crippen molar-refractivity contribution >= 4 is 44.8 Å². The molecule has 5 rings (SSSR count). The first-order chi connectivity index (χ1) is 15.5. The fourth-order valence-corrected chi connectivity index (χ4v) is 4.64. The number of rotatable bonds is 4. The number of imide groups is 1. The van der Waals surface area contributed by atoms with Gasteiger partial charge in [0.1, 0.15) is 5.92 Å². The number of nitro benzene ring substituents is 1. The van der Waals surface area contributed by atoms with E-state index in [0.29, 0.717) is 0 Å². The zero-order chi connectivity index (χ0) is 22.4. The van der Waals surface area contributed by atoms with Gasteiger partial charge in [0.05, 0.1) is 22.3 Å². The van der Waals surface area contributed by atoms with E-state index >= 15 is 0 Å². The Morgan fingerprint density at radius 3 is 2.25 bits per heavy atom. The van der Waals surface area contributed by atoms with Crippen LogP contribution in [-0.2, 0) is 14.4 Å². The zero-order valence-electron chi connectivity index (χ0n) is 16.5. The van der Waals surface area contributed by atoms with Crippen molar-refractivity contribution in [3.8, 4) is 0 Å². The van der Waals surface area contributed by atoms with E-state index in [0.717, 1.165) is 20.6 Å². The van der Waals surface area contributed by atoms with Gasteiger partial charge in [0.25, 0.3) is 11.6 Å². The molecule has 3 aromatic carbocycles. The van der Waals surface area contributed by atoms with Crippen LogP contribution in [0.15, 0.2) is 83.3 Å². The molecule has 2 aliphatic heterocycles. The Kier molecular flexibility index (Phi) is 4.99. The number of hydroxylamine groups is 1. The first kappa shape index (κ1) is 20.3. The average molecular weight is 494 g/mol. The molecule has 160 valence electrons. The Bertz CT molecular complexity index is 1220. The molecule has 2 fully saturated rings.